The monoisotopic (exact) mass is 306 g/mol. The lowest BCUT2D eigenvalue weighted by atomic mass is 10.1. The molecule has 3 nitrogen and oxygen atoms in total. The molecule has 0 aliphatic rings. The molecule has 4 heteroatoms. The minimum atomic E-state index is 0.799. The van der Waals surface area contributed by atoms with Crippen LogP contribution in [0.5, 0.6) is 5.75 Å². The summed E-state index contributed by atoms with van der Waals surface area (Å²) in [5.41, 5.74) is 3.06. The molecule has 2 aromatic rings. The Bertz CT molecular complexity index is 570. The molecule has 0 aliphatic carbocycles. The quantitative estimate of drug-likeness (QED) is 0.809. The minimum Gasteiger partial charge on any atom is -0.496 e. The van der Waals surface area contributed by atoms with Crippen LogP contribution in [-0.2, 0) is 6.42 Å². The van der Waals surface area contributed by atoms with E-state index in [-0.39, 0.29) is 0 Å². The number of rotatable bonds is 3. The third kappa shape index (κ3) is 2.70. The van der Waals surface area contributed by atoms with E-state index >= 15 is 0 Å². The summed E-state index contributed by atoms with van der Waals surface area (Å²) >= 11 is 3.42. The van der Waals surface area contributed by atoms with Crippen LogP contribution in [0.15, 0.2) is 28.9 Å². The number of methoxy groups -OCH3 is 1. The summed E-state index contributed by atoms with van der Waals surface area (Å²) in [4.78, 5) is 8.87. The molecular formula is C14H15BrN2O. The van der Waals surface area contributed by atoms with Crippen LogP contribution in [0.1, 0.15) is 18.3 Å². The molecule has 1 heterocycles. The van der Waals surface area contributed by atoms with Gasteiger partial charge in [-0.2, -0.15) is 0 Å². The summed E-state index contributed by atoms with van der Waals surface area (Å²) in [6.45, 7) is 4.10. The lowest BCUT2D eigenvalue weighted by molar-refractivity contribution is 0.416. The van der Waals surface area contributed by atoms with Gasteiger partial charge in [0, 0.05) is 12.0 Å². The van der Waals surface area contributed by atoms with Crippen molar-refractivity contribution < 1.29 is 4.74 Å². The van der Waals surface area contributed by atoms with E-state index in [2.05, 4.69) is 38.9 Å². The van der Waals surface area contributed by atoms with Gasteiger partial charge in [-0.25, -0.2) is 9.97 Å². The van der Waals surface area contributed by atoms with Crippen molar-refractivity contribution in [3.05, 3.63) is 40.3 Å². The molecule has 0 spiro atoms. The summed E-state index contributed by atoms with van der Waals surface area (Å²) in [5.74, 6) is 1.65. The van der Waals surface area contributed by atoms with Gasteiger partial charge in [0.15, 0.2) is 0 Å². The van der Waals surface area contributed by atoms with Gasteiger partial charge in [0.2, 0.25) is 0 Å². The van der Waals surface area contributed by atoms with Gasteiger partial charge in [-0.1, -0.05) is 18.6 Å². The zero-order valence-electron chi connectivity index (χ0n) is 10.7. The number of ether oxygens (including phenoxy) is 1. The molecule has 0 fully saturated rings. The first-order valence-electron chi connectivity index (χ1n) is 5.82. The van der Waals surface area contributed by atoms with E-state index in [4.69, 9.17) is 4.74 Å². The van der Waals surface area contributed by atoms with Gasteiger partial charge >= 0.3 is 0 Å². The average molecular weight is 307 g/mol. The molecule has 0 amide bonds. The van der Waals surface area contributed by atoms with Gasteiger partial charge in [0.25, 0.3) is 0 Å². The standard InChI is InChI=1S/C14H15BrN2O/c1-4-14-16-11(8-13(15)17-14)10-7-9(2)5-6-12(10)18-3/h5-8H,4H2,1-3H3. The van der Waals surface area contributed by atoms with Crippen molar-refractivity contribution in [1.82, 2.24) is 9.97 Å². The van der Waals surface area contributed by atoms with Crippen LogP contribution in [0.4, 0.5) is 0 Å². The highest BCUT2D eigenvalue weighted by Crippen LogP contribution is 2.30. The van der Waals surface area contributed by atoms with Gasteiger partial charge in [-0.15, -0.1) is 0 Å². The zero-order chi connectivity index (χ0) is 13.1. The van der Waals surface area contributed by atoms with E-state index in [0.29, 0.717) is 0 Å². The van der Waals surface area contributed by atoms with Gasteiger partial charge in [0.05, 0.1) is 12.8 Å². The molecule has 94 valence electrons. The number of hydrogen-bond acceptors (Lipinski definition) is 3. The molecule has 0 atom stereocenters. The Balaban J connectivity index is 2.60. The largest absolute Gasteiger partial charge is 0.496 e. The molecule has 0 unspecified atom stereocenters. The van der Waals surface area contributed by atoms with Crippen molar-refractivity contribution in [2.24, 2.45) is 0 Å². The predicted octanol–water partition coefficient (Wildman–Crippen LogP) is 3.79. The number of nitrogens with zero attached hydrogens (tertiary/aromatic N) is 2. The summed E-state index contributed by atoms with van der Waals surface area (Å²) in [6, 6.07) is 7.98. The molecule has 0 saturated heterocycles. The van der Waals surface area contributed by atoms with Gasteiger partial charge in [-0.05, 0) is 41.1 Å². The van der Waals surface area contributed by atoms with Crippen molar-refractivity contribution >= 4 is 15.9 Å². The van der Waals surface area contributed by atoms with E-state index < -0.39 is 0 Å². The summed E-state index contributed by atoms with van der Waals surface area (Å²) in [6.07, 6.45) is 0.806. The molecule has 0 aliphatic heterocycles. The van der Waals surface area contributed by atoms with E-state index in [0.717, 1.165) is 33.9 Å². The van der Waals surface area contributed by atoms with E-state index in [1.54, 1.807) is 7.11 Å². The van der Waals surface area contributed by atoms with Crippen LogP contribution >= 0.6 is 15.9 Å². The summed E-state index contributed by atoms with van der Waals surface area (Å²) in [7, 11) is 1.67. The second-order valence-corrected chi connectivity index (χ2v) is 4.86. The molecule has 0 N–H and O–H groups in total. The Kier molecular flexibility index (Phi) is 3.97. The fraction of sp³-hybridized carbons (Fsp3) is 0.286. The zero-order valence-corrected chi connectivity index (χ0v) is 12.3. The number of aromatic nitrogens is 2. The summed E-state index contributed by atoms with van der Waals surface area (Å²) < 4.78 is 6.19. The first kappa shape index (κ1) is 13.0. The van der Waals surface area contributed by atoms with Crippen LogP contribution < -0.4 is 4.74 Å². The second kappa shape index (κ2) is 5.48. The second-order valence-electron chi connectivity index (χ2n) is 4.05. The molecule has 0 saturated carbocycles. The normalized spacial score (nSPS) is 10.4. The third-order valence-corrected chi connectivity index (χ3v) is 3.09. The van der Waals surface area contributed by atoms with E-state index in [1.165, 1.54) is 5.56 Å². The Morgan fingerprint density at radius 1 is 1.22 bits per heavy atom. The number of benzene rings is 1. The fourth-order valence-electron chi connectivity index (χ4n) is 1.78. The smallest absolute Gasteiger partial charge is 0.130 e. The minimum absolute atomic E-state index is 0.799. The SMILES string of the molecule is CCc1nc(Br)cc(-c2cc(C)ccc2OC)n1. The highest BCUT2D eigenvalue weighted by Gasteiger charge is 2.10. The number of hydrogen-bond donors (Lipinski definition) is 0. The maximum absolute atomic E-state index is 5.39. The topological polar surface area (TPSA) is 35.0 Å². The lowest BCUT2D eigenvalue weighted by Gasteiger charge is -2.10. The number of halogens is 1. The van der Waals surface area contributed by atoms with Gasteiger partial charge in [-0.3, -0.25) is 0 Å². The first-order valence-corrected chi connectivity index (χ1v) is 6.61. The third-order valence-electron chi connectivity index (χ3n) is 2.69. The molecule has 2 rings (SSSR count). The van der Waals surface area contributed by atoms with Crippen molar-refractivity contribution in [3.63, 3.8) is 0 Å². The van der Waals surface area contributed by atoms with Crippen molar-refractivity contribution in [1.29, 1.82) is 0 Å². The van der Waals surface area contributed by atoms with Crippen molar-refractivity contribution in [3.8, 4) is 17.0 Å². The Morgan fingerprint density at radius 2 is 2.00 bits per heavy atom. The molecule has 18 heavy (non-hydrogen) atoms. The van der Waals surface area contributed by atoms with Gasteiger partial charge in [0.1, 0.15) is 16.2 Å². The van der Waals surface area contributed by atoms with Crippen LogP contribution in [-0.4, -0.2) is 17.1 Å². The Morgan fingerprint density at radius 3 is 2.67 bits per heavy atom. The lowest BCUT2D eigenvalue weighted by Crippen LogP contribution is -1.97. The molecule has 1 aromatic carbocycles. The maximum Gasteiger partial charge on any atom is 0.130 e. The van der Waals surface area contributed by atoms with Crippen molar-refractivity contribution in [2.45, 2.75) is 20.3 Å². The average Bonchev–Trinajstić information content (AvgIpc) is 2.38. The fourth-order valence-corrected chi connectivity index (χ4v) is 2.20. The Hall–Kier alpha value is -1.42. The van der Waals surface area contributed by atoms with Crippen LogP contribution in [0.25, 0.3) is 11.3 Å². The van der Waals surface area contributed by atoms with Crippen LogP contribution in [0, 0.1) is 6.92 Å². The molecular weight excluding hydrogens is 292 g/mol. The molecule has 1 aromatic heterocycles. The molecule has 0 bridgehead atoms. The highest BCUT2D eigenvalue weighted by molar-refractivity contribution is 9.10. The molecule has 0 radical (unpaired) electrons. The maximum atomic E-state index is 5.39. The predicted molar refractivity (Wildman–Crippen MR) is 75.8 cm³/mol. The highest BCUT2D eigenvalue weighted by atomic mass is 79.9. The Labute approximate surface area is 115 Å². The van der Waals surface area contributed by atoms with Crippen LogP contribution in [0.2, 0.25) is 0 Å². The number of aryl methyl sites for hydroxylation is 2. The first-order chi connectivity index (χ1) is 8.63. The van der Waals surface area contributed by atoms with E-state index in [1.807, 2.05) is 25.1 Å². The van der Waals surface area contributed by atoms with Crippen molar-refractivity contribution in [2.75, 3.05) is 7.11 Å². The summed E-state index contributed by atoms with van der Waals surface area (Å²) in [5, 5.41) is 0. The van der Waals surface area contributed by atoms with Gasteiger partial charge < -0.3 is 4.74 Å². The van der Waals surface area contributed by atoms with E-state index in [9.17, 15) is 0 Å². The van der Waals surface area contributed by atoms with Crippen LogP contribution in [0.3, 0.4) is 0 Å².